The molecule has 0 amide bonds. The molecule has 5 heteroatoms. The lowest BCUT2D eigenvalue weighted by atomic mass is 10.0. The van der Waals surface area contributed by atoms with Crippen LogP contribution in [-0.2, 0) is 19.1 Å². The molecule has 0 unspecified atom stereocenters. The third kappa shape index (κ3) is 43.8. The van der Waals surface area contributed by atoms with Crippen LogP contribution < -0.4 is 0 Å². The van der Waals surface area contributed by atoms with E-state index in [0.29, 0.717) is 12.8 Å². The molecule has 5 nitrogen and oxygen atoms in total. The molecular formula is C51H86O5. The second-order valence-corrected chi connectivity index (χ2v) is 15.1. The summed E-state index contributed by atoms with van der Waals surface area (Å²) < 4.78 is 10.6. The van der Waals surface area contributed by atoms with Gasteiger partial charge >= 0.3 is 11.9 Å². The summed E-state index contributed by atoms with van der Waals surface area (Å²) in [4.78, 5) is 24.3. The zero-order valence-corrected chi connectivity index (χ0v) is 36.4. The van der Waals surface area contributed by atoms with Crippen LogP contribution in [0.4, 0.5) is 0 Å². The molecule has 0 spiro atoms. The summed E-state index contributed by atoms with van der Waals surface area (Å²) in [6.45, 7) is 3.97. The first-order valence-electron chi connectivity index (χ1n) is 23.1. The van der Waals surface area contributed by atoms with Crippen molar-refractivity contribution in [3.63, 3.8) is 0 Å². The Labute approximate surface area is 346 Å². The number of hydrogen-bond acceptors (Lipinski definition) is 5. The van der Waals surface area contributed by atoms with Crippen molar-refractivity contribution in [3.8, 4) is 0 Å². The molecule has 0 aliphatic rings. The maximum absolute atomic E-state index is 12.2. The first kappa shape index (κ1) is 53.1. The second kappa shape index (κ2) is 46.5. The van der Waals surface area contributed by atoms with Gasteiger partial charge in [-0.15, -0.1) is 0 Å². The van der Waals surface area contributed by atoms with E-state index in [1.807, 2.05) is 0 Å². The van der Waals surface area contributed by atoms with E-state index in [1.165, 1.54) is 96.3 Å². The highest BCUT2D eigenvalue weighted by Gasteiger charge is 2.16. The molecule has 0 rings (SSSR count). The van der Waals surface area contributed by atoms with E-state index in [-0.39, 0.29) is 31.6 Å². The first-order valence-corrected chi connectivity index (χ1v) is 23.1. The van der Waals surface area contributed by atoms with Crippen LogP contribution in [0.2, 0.25) is 0 Å². The Kier molecular flexibility index (Phi) is 44.0. The van der Waals surface area contributed by atoms with Crippen molar-refractivity contribution in [1.29, 1.82) is 0 Å². The molecule has 0 heterocycles. The molecule has 1 atom stereocenters. The number of unbranched alkanes of at least 4 members (excludes halogenated alkanes) is 19. The van der Waals surface area contributed by atoms with Gasteiger partial charge in [0.25, 0.3) is 0 Å². The standard InChI is InChI=1S/C51H86O5/c1-3-5-7-9-11-13-15-17-19-21-23-24-25-26-28-30-32-34-36-38-40-42-44-46-51(54)56-49(47-52)48-55-50(53)45-43-41-39-37-35-33-31-29-27-22-20-18-16-14-12-10-8-6-4-2/h6,8,12,14,18,20,27,29-30,32-33,35,38,40,49,52H,3-5,7,9-11,13,15-17,19,21-26,28,31,34,36-37,39,41-48H2,1-2H3/b8-6+,14-12+,20-18+,29-27+,32-30+,35-33+,40-38+/t49-/m0/s1. The molecule has 56 heavy (non-hydrogen) atoms. The van der Waals surface area contributed by atoms with Gasteiger partial charge in [-0.2, -0.15) is 0 Å². The van der Waals surface area contributed by atoms with Gasteiger partial charge in [0.2, 0.25) is 0 Å². The first-order chi connectivity index (χ1) is 27.6. The molecule has 0 aliphatic carbocycles. The van der Waals surface area contributed by atoms with Crippen LogP contribution in [-0.4, -0.2) is 36.4 Å². The number of ether oxygens (including phenoxy) is 2. The number of esters is 2. The van der Waals surface area contributed by atoms with Crippen LogP contribution >= 0.6 is 0 Å². The van der Waals surface area contributed by atoms with Crippen molar-refractivity contribution in [3.05, 3.63) is 85.1 Å². The van der Waals surface area contributed by atoms with Gasteiger partial charge in [0.1, 0.15) is 6.61 Å². The largest absolute Gasteiger partial charge is 0.462 e. The topological polar surface area (TPSA) is 72.8 Å². The van der Waals surface area contributed by atoms with E-state index >= 15 is 0 Å². The molecule has 0 aromatic heterocycles. The molecular weight excluding hydrogens is 693 g/mol. The maximum Gasteiger partial charge on any atom is 0.306 e. The molecule has 0 aromatic rings. The average molecular weight is 779 g/mol. The van der Waals surface area contributed by atoms with Gasteiger partial charge in [-0.3, -0.25) is 9.59 Å². The molecule has 0 aliphatic heterocycles. The van der Waals surface area contributed by atoms with Crippen molar-refractivity contribution >= 4 is 11.9 Å². The minimum atomic E-state index is -0.811. The molecule has 1 N–H and O–H groups in total. The Morgan fingerprint density at radius 3 is 1.29 bits per heavy atom. The van der Waals surface area contributed by atoms with Crippen LogP contribution in [0.25, 0.3) is 0 Å². The highest BCUT2D eigenvalue weighted by atomic mass is 16.6. The molecule has 0 bridgehead atoms. The Morgan fingerprint density at radius 1 is 0.429 bits per heavy atom. The van der Waals surface area contributed by atoms with Gasteiger partial charge in [-0.1, -0.05) is 189 Å². The third-order valence-corrected chi connectivity index (χ3v) is 9.65. The van der Waals surface area contributed by atoms with Gasteiger partial charge in [-0.05, 0) is 89.9 Å². The average Bonchev–Trinajstić information content (AvgIpc) is 3.20. The molecule has 0 saturated heterocycles. The Balaban J connectivity index is 3.65. The van der Waals surface area contributed by atoms with Gasteiger partial charge in [0.15, 0.2) is 6.10 Å². The number of rotatable bonds is 41. The zero-order valence-electron chi connectivity index (χ0n) is 36.4. The van der Waals surface area contributed by atoms with Crippen LogP contribution in [0, 0.1) is 0 Å². The summed E-state index contributed by atoms with van der Waals surface area (Å²) in [6, 6.07) is 0. The monoisotopic (exact) mass is 779 g/mol. The van der Waals surface area contributed by atoms with Gasteiger partial charge in [-0.25, -0.2) is 0 Å². The van der Waals surface area contributed by atoms with Crippen molar-refractivity contribution < 1.29 is 24.2 Å². The Hall–Kier alpha value is -2.92. The smallest absolute Gasteiger partial charge is 0.306 e. The summed E-state index contributed by atoms with van der Waals surface area (Å²) in [5.74, 6) is -0.681. The van der Waals surface area contributed by atoms with Crippen LogP contribution in [0.1, 0.15) is 206 Å². The van der Waals surface area contributed by atoms with E-state index in [1.54, 1.807) is 0 Å². The normalized spacial score (nSPS) is 13.0. The van der Waals surface area contributed by atoms with E-state index < -0.39 is 6.10 Å². The number of aliphatic hydroxyl groups is 1. The van der Waals surface area contributed by atoms with Gasteiger partial charge in [0.05, 0.1) is 6.61 Å². The predicted molar refractivity (Wildman–Crippen MR) is 242 cm³/mol. The molecule has 320 valence electrons. The fourth-order valence-electron chi connectivity index (χ4n) is 6.19. The number of carbonyl (C=O) groups is 2. The molecule has 0 fully saturated rings. The van der Waals surface area contributed by atoms with E-state index in [0.717, 1.165) is 77.0 Å². The SMILES string of the molecule is CC/C=C/C/C=C/C/C=C/C/C=C/C/C=C/CCCCCC(=O)OC[C@H](CO)OC(=O)CCC/C=C/CC/C=C/CCCCCCCCCCCCCCCC. The Bertz CT molecular complexity index is 1060. The van der Waals surface area contributed by atoms with E-state index in [4.69, 9.17) is 9.47 Å². The number of aliphatic hydroxyl groups excluding tert-OH is 1. The van der Waals surface area contributed by atoms with Gasteiger partial charge < -0.3 is 14.6 Å². The highest BCUT2D eigenvalue weighted by Crippen LogP contribution is 2.14. The lowest BCUT2D eigenvalue weighted by Crippen LogP contribution is -2.28. The summed E-state index contributed by atoms with van der Waals surface area (Å²) >= 11 is 0. The zero-order chi connectivity index (χ0) is 40.7. The summed E-state index contributed by atoms with van der Waals surface area (Å²) in [5, 5.41) is 9.59. The highest BCUT2D eigenvalue weighted by molar-refractivity contribution is 5.70. The van der Waals surface area contributed by atoms with Crippen molar-refractivity contribution in [1.82, 2.24) is 0 Å². The summed E-state index contributed by atoms with van der Waals surface area (Å²) in [7, 11) is 0. The Morgan fingerprint density at radius 2 is 0.804 bits per heavy atom. The van der Waals surface area contributed by atoms with E-state index in [2.05, 4.69) is 98.9 Å². The van der Waals surface area contributed by atoms with Crippen LogP contribution in [0.15, 0.2) is 85.1 Å². The number of carbonyl (C=O) groups excluding carboxylic acids is 2. The van der Waals surface area contributed by atoms with Crippen LogP contribution in [0.5, 0.6) is 0 Å². The lowest BCUT2D eigenvalue weighted by molar-refractivity contribution is -0.161. The van der Waals surface area contributed by atoms with Crippen molar-refractivity contribution in [2.24, 2.45) is 0 Å². The van der Waals surface area contributed by atoms with Crippen molar-refractivity contribution in [2.75, 3.05) is 13.2 Å². The minimum absolute atomic E-state index is 0.103. The van der Waals surface area contributed by atoms with Gasteiger partial charge in [0, 0.05) is 12.8 Å². The summed E-state index contributed by atoms with van der Waals surface area (Å²) in [5.41, 5.74) is 0. The molecule has 0 radical (unpaired) electrons. The fraction of sp³-hybridized carbons (Fsp3) is 0.686. The number of allylic oxidation sites excluding steroid dienone is 14. The second-order valence-electron chi connectivity index (χ2n) is 15.1. The molecule has 0 aromatic carbocycles. The third-order valence-electron chi connectivity index (χ3n) is 9.65. The van der Waals surface area contributed by atoms with Crippen molar-refractivity contribution in [2.45, 2.75) is 213 Å². The van der Waals surface area contributed by atoms with Crippen LogP contribution in [0.3, 0.4) is 0 Å². The maximum atomic E-state index is 12.2. The van der Waals surface area contributed by atoms with E-state index in [9.17, 15) is 14.7 Å². The molecule has 0 saturated carbocycles. The predicted octanol–water partition coefficient (Wildman–Crippen LogP) is 15.1. The quantitative estimate of drug-likeness (QED) is 0.0380. The number of hydrogen-bond donors (Lipinski definition) is 1. The lowest BCUT2D eigenvalue weighted by Gasteiger charge is -2.15. The summed E-state index contributed by atoms with van der Waals surface area (Å²) in [6.07, 6.45) is 63.9. The fourth-order valence-corrected chi connectivity index (χ4v) is 6.19. The minimum Gasteiger partial charge on any atom is -0.462 e.